The smallest absolute Gasteiger partial charge is 0.282 e. The number of nitrogens with zero attached hydrogens (tertiary/aromatic N) is 1. The summed E-state index contributed by atoms with van der Waals surface area (Å²) in [5.74, 6) is -1.26. The number of hydrogen-bond donors (Lipinski definition) is 1. The highest BCUT2D eigenvalue weighted by Gasteiger charge is 2.32. The Bertz CT molecular complexity index is 616. The van der Waals surface area contributed by atoms with Crippen LogP contribution in [0.25, 0.3) is 0 Å². The van der Waals surface area contributed by atoms with E-state index in [0.29, 0.717) is 19.4 Å². The summed E-state index contributed by atoms with van der Waals surface area (Å²) in [5, 5.41) is 13.8. The first-order valence-corrected chi connectivity index (χ1v) is 7.09. The number of nitro benzene ring substituents is 1. The largest absolute Gasteiger partial charge is 0.375 e. The van der Waals surface area contributed by atoms with Crippen molar-refractivity contribution in [2.24, 2.45) is 0 Å². The summed E-state index contributed by atoms with van der Waals surface area (Å²) in [6.07, 6.45) is 1.22. The van der Waals surface area contributed by atoms with Crippen LogP contribution in [-0.4, -0.2) is 29.1 Å². The van der Waals surface area contributed by atoms with E-state index in [9.17, 15) is 19.3 Å². The van der Waals surface area contributed by atoms with E-state index in [1.807, 2.05) is 13.8 Å². The molecular formula is C15H19FN2O4. The third-order valence-corrected chi connectivity index (χ3v) is 3.83. The zero-order chi connectivity index (χ0) is 16.5. The third kappa shape index (κ3) is 3.41. The third-order valence-electron chi connectivity index (χ3n) is 3.83. The summed E-state index contributed by atoms with van der Waals surface area (Å²) in [7, 11) is 0. The molecule has 0 saturated carbocycles. The summed E-state index contributed by atoms with van der Waals surface area (Å²) in [6, 6.07) is 1.87. The van der Waals surface area contributed by atoms with Gasteiger partial charge in [0, 0.05) is 24.3 Å². The fourth-order valence-electron chi connectivity index (χ4n) is 2.72. The molecule has 1 aliphatic heterocycles. The molecule has 1 aliphatic rings. The number of benzene rings is 1. The van der Waals surface area contributed by atoms with E-state index in [-0.39, 0.29) is 28.5 Å². The van der Waals surface area contributed by atoms with Crippen LogP contribution in [0.1, 0.15) is 42.6 Å². The van der Waals surface area contributed by atoms with Gasteiger partial charge >= 0.3 is 0 Å². The second kappa shape index (κ2) is 6.00. The number of nitro groups is 1. The molecular weight excluding hydrogens is 291 g/mol. The molecule has 0 bridgehead atoms. The quantitative estimate of drug-likeness (QED) is 0.687. The molecule has 2 rings (SSSR count). The number of rotatable bonds is 3. The molecule has 1 unspecified atom stereocenters. The van der Waals surface area contributed by atoms with Gasteiger partial charge < -0.3 is 10.1 Å². The maximum Gasteiger partial charge on any atom is 0.282 e. The summed E-state index contributed by atoms with van der Waals surface area (Å²) in [4.78, 5) is 22.8. The van der Waals surface area contributed by atoms with Crippen LogP contribution in [-0.2, 0) is 4.74 Å². The minimum absolute atomic E-state index is 0.0157. The van der Waals surface area contributed by atoms with Crippen LogP contribution in [0.2, 0.25) is 0 Å². The summed E-state index contributed by atoms with van der Waals surface area (Å²) < 4.78 is 19.2. The van der Waals surface area contributed by atoms with E-state index in [1.54, 1.807) is 0 Å². The van der Waals surface area contributed by atoms with Crippen molar-refractivity contribution in [3.05, 3.63) is 39.2 Å². The Kier molecular flexibility index (Phi) is 4.46. The fourth-order valence-corrected chi connectivity index (χ4v) is 2.72. The topological polar surface area (TPSA) is 81.5 Å². The Balaban J connectivity index is 2.26. The monoisotopic (exact) mass is 310 g/mol. The predicted molar refractivity (Wildman–Crippen MR) is 78.3 cm³/mol. The van der Waals surface area contributed by atoms with Crippen LogP contribution < -0.4 is 5.32 Å². The molecule has 1 amide bonds. The summed E-state index contributed by atoms with van der Waals surface area (Å²) in [5.41, 5.74) is -0.978. The van der Waals surface area contributed by atoms with Crippen LogP contribution in [0, 0.1) is 22.9 Å². The number of carbonyl (C=O) groups excluding carboxylic acids is 1. The zero-order valence-electron chi connectivity index (χ0n) is 12.8. The lowest BCUT2D eigenvalue weighted by Crippen LogP contribution is -2.46. The molecule has 1 aromatic carbocycles. The average molecular weight is 310 g/mol. The van der Waals surface area contributed by atoms with Gasteiger partial charge in [0.25, 0.3) is 11.6 Å². The average Bonchev–Trinajstić information content (AvgIpc) is 2.39. The highest BCUT2D eigenvalue weighted by atomic mass is 19.1. The maximum absolute atomic E-state index is 13.7. The molecule has 7 heteroatoms. The van der Waals surface area contributed by atoms with Crippen molar-refractivity contribution in [3.8, 4) is 0 Å². The first-order valence-electron chi connectivity index (χ1n) is 7.09. The van der Waals surface area contributed by atoms with E-state index in [2.05, 4.69) is 5.32 Å². The number of halogens is 1. The SMILES string of the molecule is Cc1c(F)ccc([N+](=O)[O-])c1C(=O)NC1CCOC(C)(C)C1. The molecule has 0 aromatic heterocycles. The van der Waals surface area contributed by atoms with E-state index in [1.165, 1.54) is 6.92 Å². The lowest BCUT2D eigenvalue weighted by Gasteiger charge is -2.35. The lowest BCUT2D eigenvalue weighted by atomic mass is 9.93. The van der Waals surface area contributed by atoms with Crippen molar-refractivity contribution < 1.29 is 18.8 Å². The highest BCUT2D eigenvalue weighted by Crippen LogP contribution is 2.27. The molecule has 1 N–H and O–H groups in total. The first kappa shape index (κ1) is 16.4. The van der Waals surface area contributed by atoms with Gasteiger partial charge in [0.05, 0.1) is 10.5 Å². The predicted octanol–water partition coefficient (Wildman–Crippen LogP) is 2.73. The number of hydrogen-bond acceptors (Lipinski definition) is 4. The van der Waals surface area contributed by atoms with E-state index in [4.69, 9.17) is 4.74 Å². The Labute approximate surface area is 127 Å². The van der Waals surface area contributed by atoms with Crippen LogP contribution in [0.5, 0.6) is 0 Å². The van der Waals surface area contributed by atoms with E-state index < -0.39 is 16.6 Å². The van der Waals surface area contributed by atoms with Gasteiger partial charge in [0.2, 0.25) is 0 Å². The van der Waals surface area contributed by atoms with Crippen molar-refractivity contribution in [2.75, 3.05) is 6.61 Å². The standard InChI is InChI=1S/C15H19FN2O4/c1-9-11(16)4-5-12(18(20)21)13(9)14(19)17-10-6-7-22-15(2,3)8-10/h4-5,10H,6-8H2,1-3H3,(H,17,19). The molecule has 6 nitrogen and oxygen atoms in total. The summed E-state index contributed by atoms with van der Waals surface area (Å²) >= 11 is 0. The van der Waals surface area contributed by atoms with Crippen molar-refractivity contribution in [2.45, 2.75) is 45.3 Å². The van der Waals surface area contributed by atoms with Crippen molar-refractivity contribution in [3.63, 3.8) is 0 Å². The molecule has 0 spiro atoms. The lowest BCUT2D eigenvalue weighted by molar-refractivity contribution is -0.385. The molecule has 22 heavy (non-hydrogen) atoms. The molecule has 1 heterocycles. The zero-order valence-corrected chi connectivity index (χ0v) is 12.8. The minimum atomic E-state index is -0.671. The van der Waals surface area contributed by atoms with Gasteiger partial charge in [0.1, 0.15) is 11.4 Å². The summed E-state index contributed by atoms with van der Waals surface area (Å²) in [6.45, 7) is 5.70. The fraction of sp³-hybridized carbons (Fsp3) is 0.533. The van der Waals surface area contributed by atoms with Gasteiger partial charge in [0.15, 0.2) is 0 Å². The number of nitrogens with one attached hydrogen (secondary N) is 1. The molecule has 1 aromatic rings. The van der Waals surface area contributed by atoms with Gasteiger partial charge in [-0.05, 0) is 39.7 Å². The normalized spacial score (nSPS) is 20.5. The van der Waals surface area contributed by atoms with Crippen molar-refractivity contribution in [1.82, 2.24) is 5.32 Å². The van der Waals surface area contributed by atoms with Crippen LogP contribution in [0.3, 0.4) is 0 Å². The Morgan fingerprint density at radius 1 is 1.50 bits per heavy atom. The van der Waals surface area contributed by atoms with Crippen LogP contribution in [0.4, 0.5) is 10.1 Å². The van der Waals surface area contributed by atoms with E-state index in [0.717, 1.165) is 12.1 Å². The van der Waals surface area contributed by atoms with Crippen LogP contribution >= 0.6 is 0 Å². The highest BCUT2D eigenvalue weighted by molar-refractivity contribution is 5.99. The van der Waals surface area contributed by atoms with Gasteiger partial charge in [-0.1, -0.05) is 0 Å². The maximum atomic E-state index is 13.7. The Hall–Kier alpha value is -2.02. The van der Waals surface area contributed by atoms with E-state index >= 15 is 0 Å². The minimum Gasteiger partial charge on any atom is -0.375 e. The molecule has 120 valence electrons. The van der Waals surface area contributed by atoms with Gasteiger partial charge in [-0.25, -0.2) is 4.39 Å². The Morgan fingerprint density at radius 3 is 2.77 bits per heavy atom. The molecule has 1 fully saturated rings. The molecule has 0 radical (unpaired) electrons. The number of amides is 1. The molecule has 0 aliphatic carbocycles. The van der Waals surface area contributed by atoms with Crippen molar-refractivity contribution in [1.29, 1.82) is 0 Å². The Morgan fingerprint density at radius 2 is 2.18 bits per heavy atom. The second-order valence-electron chi connectivity index (χ2n) is 6.09. The van der Waals surface area contributed by atoms with Gasteiger partial charge in [-0.15, -0.1) is 0 Å². The number of ether oxygens (including phenoxy) is 1. The number of carbonyl (C=O) groups is 1. The van der Waals surface area contributed by atoms with Gasteiger partial charge in [-0.3, -0.25) is 14.9 Å². The second-order valence-corrected chi connectivity index (χ2v) is 6.09. The van der Waals surface area contributed by atoms with Crippen molar-refractivity contribution >= 4 is 11.6 Å². The van der Waals surface area contributed by atoms with Gasteiger partial charge in [-0.2, -0.15) is 0 Å². The van der Waals surface area contributed by atoms with Crippen LogP contribution in [0.15, 0.2) is 12.1 Å². The molecule has 1 atom stereocenters. The molecule has 1 saturated heterocycles. The first-order chi connectivity index (χ1) is 10.2.